The van der Waals surface area contributed by atoms with E-state index in [0.717, 1.165) is 12.8 Å². The molecule has 1 atom stereocenters. The zero-order valence-corrected chi connectivity index (χ0v) is 11.4. The van der Waals surface area contributed by atoms with E-state index < -0.39 is 12.0 Å². The van der Waals surface area contributed by atoms with Gasteiger partial charge in [-0.1, -0.05) is 13.8 Å². The molecule has 0 spiro atoms. The maximum absolute atomic E-state index is 12.8. The number of nitrogens with two attached hydrogens (primary N) is 1. The fourth-order valence-corrected chi connectivity index (χ4v) is 2.55. The largest absolute Gasteiger partial charge is 0.451 e. The van der Waals surface area contributed by atoms with Gasteiger partial charge in [-0.3, -0.25) is 0 Å². The summed E-state index contributed by atoms with van der Waals surface area (Å²) in [5.74, 6) is 4.62. The second kappa shape index (κ2) is 5.43. The molecule has 112 valence electrons. The van der Waals surface area contributed by atoms with Crippen molar-refractivity contribution in [3.05, 3.63) is 11.9 Å². The Labute approximate surface area is 115 Å². The van der Waals surface area contributed by atoms with Crippen LogP contribution in [0.3, 0.4) is 0 Å². The molecule has 8 heteroatoms. The van der Waals surface area contributed by atoms with Crippen LogP contribution >= 0.6 is 0 Å². The summed E-state index contributed by atoms with van der Waals surface area (Å²) >= 11 is 0. The molecule has 1 aliphatic rings. The van der Waals surface area contributed by atoms with Gasteiger partial charge in [-0.25, -0.2) is 15.8 Å². The van der Waals surface area contributed by atoms with Crippen molar-refractivity contribution in [1.29, 1.82) is 0 Å². The predicted octanol–water partition coefficient (Wildman–Crippen LogP) is 2.41. The Morgan fingerprint density at radius 2 is 2.10 bits per heavy atom. The summed E-state index contributed by atoms with van der Waals surface area (Å²) in [6, 6.07) is 1.65. The normalized spacial score (nSPS) is 19.8. The highest BCUT2D eigenvalue weighted by Gasteiger charge is 2.37. The zero-order valence-electron chi connectivity index (χ0n) is 11.4. The van der Waals surface area contributed by atoms with Gasteiger partial charge in [0.1, 0.15) is 11.6 Å². The predicted molar refractivity (Wildman–Crippen MR) is 70.1 cm³/mol. The van der Waals surface area contributed by atoms with E-state index in [4.69, 9.17) is 5.84 Å². The molecular weight excluding hydrogens is 271 g/mol. The summed E-state index contributed by atoms with van der Waals surface area (Å²) in [6.07, 6.45) is -2.69. The number of nitrogen functional groups attached to an aromatic ring is 1. The molecular formula is C12H18F3N5. The Balaban J connectivity index is 2.40. The Kier molecular flexibility index (Phi) is 4.03. The van der Waals surface area contributed by atoms with Crippen LogP contribution in [-0.4, -0.2) is 22.6 Å². The van der Waals surface area contributed by atoms with Crippen LogP contribution in [0.4, 0.5) is 24.8 Å². The molecule has 0 bridgehead atoms. The Morgan fingerprint density at radius 3 is 2.65 bits per heavy atom. The van der Waals surface area contributed by atoms with E-state index in [0.29, 0.717) is 12.5 Å². The summed E-state index contributed by atoms with van der Waals surface area (Å²) in [5, 5.41) is 0. The molecule has 1 saturated heterocycles. The molecule has 0 amide bonds. The van der Waals surface area contributed by atoms with Crippen LogP contribution in [0.15, 0.2) is 6.07 Å². The second-order valence-corrected chi connectivity index (χ2v) is 5.22. The van der Waals surface area contributed by atoms with Crippen molar-refractivity contribution in [2.75, 3.05) is 16.9 Å². The first kappa shape index (κ1) is 14.8. The maximum Gasteiger partial charge on any atom is 0.451 e. The fourth-order valence-electron chi connectivity index (χ4n) is 2.55. The van der Waals surface area contributed by atoms with Crippen LogP contribution in [0, 0.1) is 5.92 Å². The van der Waals surface area contributed by atoms with E-state index in [1.165, 1.54) is 6.07 Å². The van der Waals surface area contributed by atoms with Gasteiger partial charge in [0, 0.05) is 18.7 Å². The first-order valence-corrected chi connectivity index (χ1v) is 6.52. The standard InChI is InChI=1S/C12H18F3N5/c1-7(2)8-4-3-5-20(8)10-6-9(19-16)17-11(18-10)12(13,14)15/h6-8H,3-5,16H2,1-2H3,(H,17,18,19). The van der Waals surface area contributed by atoms with Crippen LogP contribution in [0.5, 0.6) is 0 Å². The third kappa shape index (κ3) is 2.95. The number of alkyl halides is 3. The molecule has 0 radical (unpaired) electrons. The van der Waals surface area contributed by atoms with E-state index in [2.05, 4.69) is 29.2 Å². The molecule has 20 heavy (non-hydrogen) atoms. The molecule has 0 saturated carbocycles. The van der Waals surface area contributed by atoms with Crippen LogP contribution in [0.1, 0.15) is 32.5 Å². The summed E-state index contributed by atoms with van der Waals surface area (Å²) < 4.78 is 38.4. The van der Waals surface area contributed by atoms with Gasteiger partial charge in [-0.15, -0.1) is 0 Å². The number of rotatable bonds is 3. The van der Waals surface area contributed by atoms with Gasteiger partial charge in [0.15, 0.2) is 0 Å². The van der Waals surface area contributed by atoms with Gasteiger partial charge in [-0.2, -0.15) is 13.2 Å². The number of hydrogen-bond donors (Lipinski definition) is 2. The van der Waals surface area contributed by atoms with Gasteiger partial charge >= 0.3 is 6.18 Å². The number of nitrogens with zero attached hydrogens (tertiary/aromatic N) is 3. The lowest BCUT2D eigenvalue weighted by molar-refractivity contribution is -0.144. The van der Waals surface area contributed by atoms with Crippen molar-refractivity contribution < 1.29 is 13.2 Å². The number of halogens is 3. The van der Waals surface area contributed by atoms with Crippen molar-refractivity contribution >= 4 is 11.6 Å². The van der Waals surface area contributed by atoms with E-state index >= 15 is 0 Å². The number of aromatic nitrogens is 2. The van der Waals surface area contributed by atoms with Crippen molar-refractivity contribution in [2.45, 2.75) is 38.9 Å². The van der Waals surface area contributed by atoms with Crippen molar-refractivity contribution in [1.82, 2.24) is 9.97 Å². The fraction of sp³-hybridized carbons (Fsp3) is 0.667. The first-order valence-electron chi connectivity index (χ1n) is 6.52. The lowest BCUT2D eigenvalue weighted by Crippen LogP contribution is -2.34. The molecule has 0 aromatic carbocycles. The minimum absolute atomic E-state index is 0.0308. The highest BCUT2D eigenvalue weighted by atomic mass is 19.4. The van der Waals surface area contributed by atoms with Crippen LogP contribution in [0.25, 0.3) is 0 Å². The first-order chi connectivity index (χ1) is 9.32. The van der Waals surface area contributed by atoms with Crippen LogP contribution in [-0.2, 0) is 6.18 Å². The average Bonchev–Trinajstić information content (AvgIpc) is 2.86. The molecule has 5 nitrogen and oxygen atoms in total. The molecule has 1 aromatic rings. The minimum atomic E-state index is -4.59. The summed E-state index contributed by atoms with van der Waals surface area (Å²) in [4.78, 5) is 8.93. The van der Waals surface area contributed by atoms with Crippen molar-refractivity contribution in [3.8, 4) is 0 Å². The van der Waals surface area contributed by atoms with E-state index in [9.17, 15) is 13.2 Å². The highest BCUT2D eigenvalue weighted by molar-refractivity contribution is 5.50. The molecule has 2 heterocycles. The number of anilines is 2. The smallest absolute Gasteiger partial charge is 0.353 e. The topological polar surface area (TPSA) is 67.1 Å². The SMILES string of the molecule is CC(C)C1CCCN1c1cc(NN)nc(C(F)(F)F)n1. The monoisotopic (exact) mass is 289 g/mol. The Bertz CT molecular complexity index is 475. The third-order valence-corrected chi connectivity index (χ3v) is 3.48. The van der Waals surface area contributed by atoms with Gasteiger partial charge in [0.2, 0.25) is 5.82 Å². The zero-order chi connectivity index (χ0) is 14.9. The summed E-state index contributed by atoms with van der Waals surface area (Å²) in [7, 11) is 0. The van der Waals surface area contributed by atoms with Gasteiger partial charge in [0.25, 0.3) is 0 Å². The van der Waals surface area contributed by atoms with Gasteiger partial charge < -0.3 is 10.3 Å². The van der Waals surface area contributed by atoms with Crippen molar-refractivity contribution in [3.63, 3.8) is 0 Å². The molecule has 2 rings (SSSR count). The minimum Gasteiger partial charge on any atom is -0.353 e. The average molecular weight is 289 g/mol. The summed E-state index contributed by atoms with van der Waals surface area (Å²) in [6.45, 7) is 4.80. The number of nitrogens with one attached hydrogen (secondary N) is 1. The number of hydrogen-bond acceptors (Lipinski definition) is 5. The number of hydrazine groups is 1. The van der Waals surface area contributed by atoms with Gasteiger partial charge in [-0.05, 0) is 18.8 Å². The quantitative estimate of drug-likeness (QED) is 0.660. The Hall–Kier alpha value is -1.57. The molecule has 1 aliphatic heterocycles. The van der Waals surface area contributed by atoms with Crippen LogP contribution < -0.4 is 16.2 Å². The van der Waals surface area contributed by atoms with E-state index in [1.54, 1.807) is 0 Å². The third-order valence-electron chi connectivity index (χ3n) is 3.48. The molecule has 0 aliphatic carbocycles. The lowest BCUT2D eigenvalue weighted by atomic mass is 10.0. The molecule has 1 unspecified atom stereocenters. The lowest BCUT2D eigenvalue weighted by Gasteiger charge is -2.29. The van der Waals surface area contributed by atoms with Crippen LogP contribution in [0.2, 0.25) is 0 Å². The van der Waals surface area contributed by atoms with Crippen molar-refractivity contribution in [2.24, 2.45) is 11.8 Å². The molecule has 1 aromatic heterocycles. The van der Waals surface area contributed by atoms with Gasteiger partial charge in [0.05, 0.1) is 0 Å². The maximum atomic E-state index is 12.8. The summed E-state index contributed by atoms with van der Waals surface area (Å²) in [5.41, 5.74) is 2.17. The Morgan fingerprint density at radius 1 is 1.40 bits per heavy atom. The van der Waals surface area contributed by atoms with E-state index in [1.807, 2.05) is 4.90 Å². The highest BCUT2D eigenvalue weighted by Crippen LogP contribution is 2.33. The molecule has 1 fully saturated rings. The second-order valence-electron chi connectivity index (χ2n) is 5.22. The molecule has 3 N–H and O–H groups in total. The van der Waals surface area contributed by atoms with E-state index in [-0.39, 0.29) is 17.7 Å².